The summed E-state index contributed by atoms with van der Waals surface area (Å²) in [5, 5.41) is 0. The van der Waals surface area contributed by atoms with E-state index in [1.807, 2.05) is 30.3 Å². The second-order valence-electron chi connectivity index (χ2n) is 3.17. The molecule has 2 rings (SSSR count). The van der Waals surface area contributed by atoms with E-state index in [9.17, 15) is 4.79 Å². The minimum atomic E-state index is -0.278. The number of amides is 1. The molecule has 1 aliphatic heterocycles. The quantitative estimate of drug-likeness (QED) is 0.728. The van der Waals surface area contributed by atoms with Gasteiger partial charge in [0.15, 0.2) is 0 Å². The lowest BCUT2D eigenvalue weighted by atomic mass is 9.91. The number of rotatable bonds is 2. The van der Waals surface area contributed by atoms with Crippen LogP contribution in [0.2, 0.25) is 0 Å². The Morgan fingerprint density at radius 2 is 2.08 bits per heavy atom. The van der Waals surface area contributed by atoms with Crippen molar-refractivity contribution >= 4 is 5.91 Å². The molecule has 1 aliphatic rings. The van der Waals surface area contributed by atoms with Crippen LogP contribution in [-0.4, -0.2) is 12.5 Å². The second-order valence-corrected chi connectivity index (χ2v) is 3.17. The van der Waals surface area contributed by atoms with Gasteiger partial charge in [-0.25, -0.2) is 0 Å². The molecule has 1 heterocycles. The van der Waals surface area contributed by atoms with E-state index in [0.29, 0.717) is 6.61 Å². The predicted molar refractivity (Wildman–Crippen MR) is 47.8 cm³/mol. The molecule has 1 aromatic rings. The number of hydrogen-bond donors (Lipinski definition) is 1. The number of nitrogens with two attached hydrogens (primary N) is 1. The van der Waals surface area contributed by atoms with Gasteiger partial charge in [-0.2, -0.15) is 0 Å². The maximum absolute atomic E-state index is 10.9. The topological polar surface area (TPSA) is 52.3 Å². The zero-order valence-corrected chi connectivity index (χ0v) is 7.14. The van der Waals surface area contributed by atoms with Crippen molar-refractivity contribution in [2.45, 2.75) is 6.10 Å². The predicted octanol–water partition coefficient (Wildman–Crippen LogP) is 0.859. The van der Waals surface area contributed by atoms with E-state index in [2.05, 4.69) is 0 Å². The Bertz CT molecular complexity index is 310. The van der Waals surface area contributed by atoms with Crippen molar-refractivity contribution in [2.75, 3.05) is 6.61 Å². The average Bonchev–Trinajstić information content (AvgIpc) is 2.02. The van der Waals surface area contributed by atoms with Crippen LogP contribution in [0.1, 0.15) is 11.7 Å². The van der Waals surface area contributed by atoms with Crippen LogP contribution >= 0.6 is 0 Å². The number of ether oxygens (including phenoxy) is 1. The third-order valence-electron chi connectivity index (χ3n) is 2.31. The van der Waals surface area contributed by atoms with Gasteiger partial charge >= 0.3 is 0 Å². The first kappa shape index (κ1) is 8.26. The molecule has 2 atom stereocenters. The van der Waals surface area contributed by atoms with Crippen LogP contribution in [0.25, 0.3) is 0 Å². The lowest BCUT2D eigenvalue weighted by Crippen LogP contribution is -2.41. The van der Waals surface area contributed by atoms with Crippen LogP contribution in [-0.2, 0) is 9.53 Å². The maximum Gasteiger partial charge on any atom is 0.225 e. The van der Waals surface area contributed by atoms with Crippen molar-refractivity contribution in [3.63, 3.8) is 0 Å². The highest BCUT2D eigenvalue weighted by atomic mass is 16.5. The molecule has 0 radical (unpaired) electrons. The summed E-state index contributed by atoms with van der Waals surface area (Å²) < 4.78 is 5.29. The zero-order chi connectivity index (χ0) is 9.26. The van der Waals surface area contributed by atoms with Gasteiger partial charge in [0.1, 0.15) is 0 Å². The van der Waals surface area contributed by atoms with Crippen molar-refractivity contribution in [2.24, 2.45) is 11.7 Å². The minimum absolute atomic E-state index is 0.126. The molecule has 0 aliphatic carbocycles. The van der Waals surface area contributed by atoms with Gasteiger partial charge in [-0.1, -0.05) is 30.3 Å². The monoisotopic (exact) mass is 177 g/mol. The number of carbonyl (C=O) groups excluding carboxylic acids is 1. The van der Waals surface area contributed by atoms with E-state index < -0.39 is 0 Å². The molecular formula is C10H11NO2. The summed E-state index contributed by atoms with van der Waals surface area (Å²) in [5.41, 5.74) is 6.23. The second kappa shape index (κ2) is 3.18. The van der Waals surface area contributed by atoms with Crippen LogP contribution in [0.5, 0.6) is 0 Å². The van der Waals surface area contributed by atoms with Crippen molar-refractivity contribution in [1.29, 1.82) is 0 Å². The lowest BCUT2D eigenvalue weighted by Gasteiger charge is -2.34. The number of hydrogen-bond acceptors (Lipinski definition) is 2. The highest BCUT2D eigenvalue weighted by Crippen LogP contribution is 2.34. The van der Waals surface area contributed by atoms with Crippen LogP contribution < -0.4 is 5.73 Å². The molecule has 3 heteroatoms. The van der Waals surface area contributed by atoms with Crippen molar-refractivity contribution in [1.82, 2.24) is 0 Å². The van der Waals surface area contributed by atoms with Crippen molar-refractivity contribution < 1.29 is 9.53 Å². The minimum Gasteiger partial charge on any atom is -0.372 e. The lowest BCUT2D eigenvalue weighted by molar-refractivity contribution is -0.154. The average molecular weight is 177 g/mol. The van der Waals surface area contributed by atoms with Gasteiger partial charge in [0.05, 0.1) is 18.6 Å². The summed E-state index contributed by atoms with van der Waals surface area (Å²) in [4.78, 5) is 10.9. The molecule has 1 aromatic carbocycles. The van der Waals surface area contributed by atoms with Gasteiger partial charge in [0.2, 0.25) is 5.91 Å². The highest BCUT2D eigenvalue weighted by molar-refractivity contribution is 5.78. The molecule has 13 heavy (non-hydrogen) atoms. The van der Waals surface area contributed by atoms with Gasteiger partial charge < -0.3 is 10.5 Å². The molecule has 1 saturated heterocycles. The molecule has 68 valence electrons. The third kappa shape index (κ3) is 1.42. The summed E-state index contributed by atoms with van der Waals surface area (Å²) >= 11 is 0. The fourth-order valence-electron chi connectivity index (χ4n) is 1.49. The van der Waals surface area contributed by atoms with Crippen LogP contribution in [0.3, 0.4) is 0 Å². The van der Waals surface area contributed by atoms with Crippen molar-refractivity contribution in [3.05, 3.63) is 35.9 Å². The van der Waals surface area contributed by atoms with Gasteiger partial charge in [-0.05, 0) is 5.56 Å². The van der Waals surface area contributed by atoms with Gasteiger partial charge in [0, 0.05) is 0 Å². The van der Waals surface area contributed by atoms with Crippen LogP contribution in [0, 0.1) is 5.92 Å². The van der Waals surface area contributed by atoms with Crippen LogP contribution in [0.4, 0.5) is 0 Å². The van der Waals surface area contributed by atoms with E-state index >= 15 is 0 Å². The Kier molecular flexibility index (Phi) is 2.02. The first-order valence-corrected chi connectivity index (χ1v) is 4.25. The summed E-state index contributed by atoms with van der Waals surface area (Å²) in [6.45, 7) is 0.453. The standard InChI is InChI=1S/C10H11NO2/c11-10(12)8-6-13-9(8)7-4-2-1-3-5-7/h1-5,8-9H,6H2,(H2,11,12). The number of carbonyl (C=O) groups is 1. The fraction of sp³-hybridized carbons (Fsp3) is 0.300. The normalized spacial score (nSPS) is 26.5. The Hall–Kier alpha value is -1.35. The molecule has 2 unspecified atom stereocenters. The van der Waals surface area contributed by atoms with E-state index in [1.54, 1.807) is 0 Å². The molecule has 1 amide bonds. The largest absolute Gasteiger partial charge is 0.372 e. The summed E-state index contributed by atoms with van der Waals surface area (Å²) in [6, 6.07) is 9.67. The Morgan fingerprint density at radius 1 is 1.38 bits per heavy atom. The zero-order valence-electron chi connectivity index (χ0n) is 7.14. The van der Waals surface area contributed by atoms with E-state index in [4.69, 9.17) is 10.5 Å². The fourth-order valence-corrected chi connectivity index (χ4v) is 1.49. The molecule has 0 aromatic heterocycles. The van der Waals surface area contributed by atoms with Gasteiger partial charge in [-0.3, -0.25) is 4.79 Å². The molecule has 1 fully saturated rings. The maximum atomic E-state index is 10.9. The number of benzene rings is 1. The van der Waals surface area contributed by atoms with Gasteiger partial charge in [0.25, 0.3) is 0 Å². The Morgan fingerprint density at radius 3 is 2.54 bits per heavy atom. The molecular weight excluding hydrogens is 166 g/mol. The Balaban J connectivity index is 2.15. The van der Waals surface area contributed by atoms with Gasteiger partial charge in [-0.15, -0.1) is 0 Å². The van der Waals surface area contributed by atoms with Crippen molar-refractivity contribution in [3.8, 4) is 0 Å². The van der Waals surface area contributed by atoms with E-state index in [0.717, 1.165) is 5.56 Å². The third-order valence-corrected chi connectivity index (χ3v) is 2.31. The SMILES string of the molecule is NC(=O)C1COC1c1ccccc1. The molecule has 2 N–H and O–H groups in total. The molecule has 3 nitrogen and oxygen atoms in total. The number of primary amides is 1. The summed E-state index contributed by atoms with van der Waals surface area (Å²) in [5.74, 6) is -0.428. The Labute approximate surface area is 76.5 Å². The smallest absolute Gasteiger partial charge is 0.225 e. The summed E-state index contributed by atoms with van der Waals surface area (Å²) in [6.07, 6.45) is -0.126. The first-order chi connectivity index (χ1) is 6.29. The molecule has 0 bridgehead atoms. The van der Waals surface area contributed by atoms with E-state index in [1.165, 1.54) is 0 Å². The molecule has 0 spiro atoms. The summed E-state index contributed by atoms with van der Waals surface area (Å²) in [7, 11) is 0. The first-order valence-electron chi connectivity index (χ1n) is 4.25. The molecule has 0 saturated carbocycles. The van der Waals surface area contributed by atoms with Crippen LogP contribution in [0.15, 0.2) is 30.3 Å². The highest BCUT2D eigenvalue weighted by Gasteiger charge is 2.37. The van der Waals surface area contributed by atoms with E-state index in [-0.39, 0.29) is 17.9 Å².